The smallest absolute Gasteiger partial charge is 0.260 e. The van der Waals surface area contributed by atoms with Gasteiger partial charge < -0.3 is 9.84 Å². The van der Waals surface area contributed by atoms with Crippen LogP contribution in [0.2, 0.25) is 0 Å². The predicted molar refractivity (Wildman–Crippen MR) is 103 cm³/mol. The first-order valence-electron chi connectivity index (χ1n) is 8.34. The lowest BCUT2D eigenvalue weighted by molar-refractivity contribution is 0.190. The molecule has 26 heavy (non-hydrogen) atoms. The van der Waals surface area contributed by atoms with Gasteiger partial charge in [-0.3, -0.25) is 9.62 Å². The number of sulfonamides is 1. The molecule has 8 nitrogen and oxygen atoms in total. The predicted octanol–water partition coefficient (Wildman–Crippen LogP) is 1.89. The number of anilines is 1. The van der Waals surface area contributed by atoms with Crippen LogP contribution in [0.5, 0.6) is 0 Å². The van der Waals surface area contributed by atoms with E-state index >= 15 is 0 Å². The van der Waals surface area contributed by atoms with Gasteiger partial charge in [0.1, 0.15) is 0 Å². The number of benzene rings is 1. The maximum atomic E-state index is 12.1. The number of halogens is 1. The van der Waals surface area contributed by atoms with Gasteiger partial charge in [0.25, 0.3) is 5.89 Å². The van der Waals surface area contributed by atoms with Crippen molar-refractivity contribution in [2.75, 3.05) is 37.2 Å². The first-order chi connectivity index (χ1) is 12.0. The Hall–Kier alpha value is -1.68. The van der Waals surface area contributed by atoms with Crippen LogP contribution in [0.3, 0.4) is 0 Å². The molecule has 144 valence electrons. The highest BCUT2D eigenvalue weighted by molar-refractivity contribution is 7.92. The quantitative estimate of drug-likeness (QED) is 0.762. The SMILES string of the molecule is CCCS(=O)(=O)Nc1ccccc1-c1nc(C2CNCCN2C)no1.Cl. The second kappa shape index (κ2) is 8.81. The Morgan fingerprint density at radius 3 is 2.88 bits per heavy atom. The highest BCUT2D eigenvalue weighted by Gasteiger charge is 2.26. The number of nitrogens with zero attached hydrogens (tertiary/aromatic N) is 3. The van der Waals surface area contributed by atoms with Gasteiger partial charge in [0.05, 0.1) is 23.0 Å². The van der Waals surface area contributed by atoms with Gasteiger partial charge in [0, 0.05) is 19.6 Å². The molecule has 1 aliphatic rings. The highest BCUT2D eigenvalue weighted by atomic mass is 35.5. The number of rotatable bonds is 6. The highest BCUT2D eigenvalue weighted by Crippen LogP contribution is 2.29. The molecule has 2 heterocycles. The zero-order valence-electron chi connectivity index (χ0n) is 14.8. The zero-order chi connectivity index (χ0) is 17.9. The molecule has 1 aliphatic heterocycles. The summed E-state index contributed by atoms with van der Waals surface area (Å²) in [5.41, 5.74) is 1.02. The maximum Gasteiger partial charge on any atom is 0.260 e. The summed E-state index contributed by atoms with van der Waals surface area (Å²) in [6.07, 6.45) is 0.545. The van der Waals surface area contributed by atoms with Crippen LogP contribution in [0.4, 0.5) is 5.69 Å². The van der Waals surface area contributed by atoms with Crippen molar-refractivity contribution in [3.8, 4) is 11.5 Å². The van der Waals surface area contributed by atoms with E-state index < -0.39 is 10.0 Å². The molecule has 1 unspecified atom stereocenters. The van der Waals surface area contributed by atoms with E-state index in [1.807, 2.05) is 20.0 Å². The third kappa shape index (κ3) is 4.73. The molecular weight excluding hydrogens is 378 g/mol. The van der Waals surface area contributed by atoms with Crippen LogP contribution < -0.4 is 10.0 Å². The van der Waals surface area contributed by atoms with Crippen LogP contribution in [0, 0.1) is 0 Å². The molecule has 0 amide bonds. The summed E-state index contributed by atoms with van der Waals surface area (Å²) in [5.74, 6) is 0.967. The fourth-order valence-corrected chi connectivity index (χ4v) is 3.97. The molecule has 1 atom stereocenters. The number of para-hydroxylation sites is 1. The molecule has 3 rings (SSSR count). The van der Waals surface area contributed by atoms with Crippen LogP contribution in [-0.2, 0) is 10.0 Å². The molecule has 0 spiro atoms. The zero-order valence-corrected chi connectivity index (χ0v) is 16.4. The summed E-state index contributed by atoms with van der Waals surface area (Å²) in [7, 11) is -1.37. The molecule has 10 heteroatoms. The Bertz CT molecular complexity index is 827. The van der Waals surface area contributed by atoms with Gasteiger partial charge in [-0.05, 0) is 25.6 Å². The van der Waals surface area contributed by atoms with E-state index in [4.69, 9.17) is 4.52 Å². The molecule has 1 saturated heterocycles. The number of piperazine rings is 1. The fraction of sp³-hybridized carbons (Fsp3) is 0.500. The lowest BCUT2D eigenvalue weighted by atomic mass is 10.1. The molecule has 2 aromatic rings. The number of nitrogens with one attached hydrogen (secondary N) is 2. The Kier molecular flexibility index (Phi) is 6.99. The van der Waals surface area contributed by atoms with E-state index in [0.29, 0.717) is 29.4 Å². The fourth-order valence-electron chi connectivity index (χ4n) is 2.82. The minimum absolute atomic E-state index is 0. The number of hydrogen-bond donors (Lipinski definition) is 2. The first-order valence-corrected chi connectivity index (χ1v) is 10.00. The summed E-state index contributed by atoms with van der Waals surface area (Å²) < 4.78 is 32.2. The topological polar surface area (TPSA) is 100 Å². The van der Waals surface area contributed by atoms with E-state index in [2.05, 4.69) is 25.1 Å². The lowest BCUT2D eigenvalue weighted by Gasteiger charge is -2.30. The van der Waals surface area contributed by atoms with Crippen molar-refractivity contribution in [2.45, 2.75) is 19.4 Å². The third-order valence-electron chi connectivity index (χ3n) is 4.15. The maximum absolute atomic E-state index is 12.1. The van der Waals surface area contributed by atoms with Gasteiger partial charge in [-0.15, -0.1) is 12.4 Å². The van der Waals surface area contributed by atoms with E-state index in [9.17, 15) is 8.42 Å². The van der Waals surface area contributed by atoms with Crippen LogP contribution in [-0.4, -0.2) is 55.9 Å². The van der Waals surface area contributed by atoms with Crippen molar-refractivity contribution in [3.63, 3.8) is 0 Å². The molecule has 0 saturated carbocycles. The third-order valence-corrected chi connectivity index (χ3v) is 5.62. The molecule has 1 aromatic heterocycles. The Morgan fingerprint density at radius 2 is 2.15 bits per heavy atom. The summed E-state index contributed by atoms with van der Waals surface area (Å²) >= 11 is 0. The molecular formula is C16H24ClN5O3S. The van der Waals surface area contributed by atoms with Gasteiger partial charge in [-0.25, -0.2) is 8.42 Å². The number of hydrogen-bond acceptors (Lipinski definition) is 7. The monoisotopic (exact) mass is 401 g/mol. The van der Waals surface area contributed by atoms with E-state index in [1.54, 1.807) is 18.2 Å². The van der Waals surface area contributed by atoms with Crippen molar-refractivity contribution in [3.05, 3.63) is 30.1 Å². The van der Waals surface area contributed by atoms with Crippen LogP contribution >= 0.6 is 12.4 Å². The minimum atomic E-state index is -3.40. The molecule has 1 fully saturated rings. The van der Waals surface area contributed by atoms with E-state index in [-0.39, 0.29) is 24.2 Å². The van der Waals surface area contributed by atoms with Crippen molar-refractivity contribution in [1.29, 1.82) is 0 Å². The van der Waals surface area contributed by atoms with Crippen LogP contribution in [0.15, 0.2) is 28.8 Å². The van der Waals surface area contributed by atoms with Gasteiger partial charge in [0.2, 0.25) is 10.0 Å². The van der Waals surface area contributed by atoms with E-state index in [1.165, 1.54) is 0 Å². The van der Waals surface area contributed by atoms with Crippen LogP contribution in [0.25, 0.3) is 11.5 Å². The van der Waals surface area contributed by atoms with Gasteiger partial charge in [0.15, 0.2) is 5.82 Å². The number of aromatic nitrogens is 2. The van der Waals surface area contributed by atoms with Crippen molar-refractivity contribution >= 4 is 28.1 Å². The standard InChI is InChI=1S/C16H23N5O3S.ClH/c1-3-10-25(22,23)20-13-7-5-4-6-12(13)16-18-15(19-24-16)14-11-17-8-9-21(14)2;/h4-7,14,17,20H,3,8-11H2,1-2H3;1H. The first kappa shape index (κ1) is 20.6. The van der Waals surface area contributed by atoms with Gasteiger partial charge >= 0.3 is 0 Å². The second-order valence-corrected chi connectivity index (χ2v) is 7.97. The molecule has 0 radical (unpaired) electrons. The Labute approximate surface area is 159 Å². The average Bonchev–Trinajstić information content (AvgIpc) is 3.05. The van der Waals surface area contributed by atoms with E-state index in [0.717, 1.165) is 19.6 Å². The molecule has 1 aromatic carbocycles. The van der Waals surface area contributed by atoms with Gasteiger partial charge in [-0.1, -0.05) is 24.2 Å². The van der Waals surface area contributed by atoms with Crippen molar-refractivity contribution in [1.82, 2.24) is 20.4 Å². The lowest BCUT2D eigenvalue weighted by Crippen LogP contribution is -2.44. The summed E-state index contributed by atoms with van der Waals surface area (Å²) in [6, 6.07) is 7.08. The second-order valence-electron chi connectivity index (χ2n) is 6.12. The molecule has 0 aliphatic carbocycles. The summed E-state index contributed by atoms with van der Waals surface area (Å²) in [6.45, 7) is 4.41. The average molecular weight is 402 g/mol. The Morgan fingerprint density at radius 1 is 1.38 bits per heavy atom. The van der Waals surface area contributed by atoms with Gasteiger partial charge in [-0.2, -0.15) is 4.98 Å². The van der Waals surface area contributed by atoms with Crippen molar-refractivity contribution in [2.24, 2.45) is 0 Å². The van der Waals surface area contributed by atoms with Crippen LogP contribution in [0.1, 0.15) is 25.2 Å². The molecule has 0 bridgehead atoms. The normalized spacial score (nSPS) is 18.3. The summed E-state index contributed by atoms with van der Waals surface area (Å²) in [5, 5.41) is 7.41. The summed E-state index contributed by atoms with van der Waals surface area (Å²) in [4.78, 5) is 6.66. The minimum Gasteiger partial charge on any atom is -0.334 e. The van der Waals surface area contributed by atoms with Crippen molar-refractivity contribution < 1.29 is 12.9 Å². The Balaban J connectivity index is 0.00000243. The molecule has 2 N–H and O–H groups in total. The largest absolute Gasteiger partial charge is 0.334 e. The number of likely N-dealkylation sites (N-methyl/N-ethyl adjacent to an activating group) is 1.